The largest absolute Gasteiger partial charge is 1.00 e. The van der Waals surface area contributed by atoms with Crippen LogP contribution >= 0.6 is 0 Å². The van der Waals surface area contributed by atoms with E-state index in [1.807, 2.05) is 18.2 Å². The van der Waals surface area contributed by atoms with Crippen LogP contribution in [0.5, 0.6) is 0 Å². The predicted octanol–water partition coefficient (Wildman–Crippen LogP) is 3.07. The molecule has 1 unspecified atom stereocenters. The maximum Gasteiger partial charge on any atom is 0.562 e. The molecule has 0 spiro atoms. The molecule has 0 aliphatic heterocycles. The van der Waals surface area contributed by atoms with Crippen LogP contribution in [0.1, 0.15) is 72.6 Å². The Bertz CT molecular complexity index is 395. The van der Waals surface area contributed by atoms with Gasteiger partial charge in [0.1, 0.15) is 0 Å². The van der Waals surface area contributed by atoms with Crippen LogP contribution in [0, 0.1) is 0 Å². The molecule has 0 radical (unpaired) electrons. The quantitative estimate of drug-likeness (QED) is 0.0719. The monoisotopic (exact) mass is 553 g/mol. The second-order valence-corrected chi connectivity index (χ2v) is 10.5. The maximum atomic E-state index is 6.64. The van der Waals surface area contributed by atoms with Crippen LogP contribution in [0.3, 0.4) is 0 Å². The number of rotatable bonds is 21. The zero-order valence-electron chi connectivity index (χ0n) is 20.2. The van der Waals surface area contributed by atoms with E-state index < -0.39 is 8.80 Å². The van der Waals surface area contributed by atoms with Gasteiger partial charge in [0.25, 0.3) is 0 Å². The Morgan fingerprint density at radius 2 is 1.03 bits per heavy atom. The summed E-state index contributed by atoms with van der Waals surface area (Å²) in [6.45, 7) is 25.4. The van der Waals surface area contributed by atoms with Crippen LogP contribution in [0.25, 0.3) is 0 Å². The van der Waals surface area contributed by atoms with Crippen LogP contribution in [-0.4, -0.2) is 58.4 Å². The molecule has 0 saturated carbocycles. The van der Waals surface area contributed by atoms with E-state index in [0.717, 1.165) is 69.1 Å². The van der Waals surface area contributed by atoms with Crippen molar-refractivity contribution in [1.82, 2.24) is 0 Å². The van der Waals surface area contributed by atoms with Crippen molar-refractivity contribution in [2.45, 2.75) is 78.3 Å². The van der Waals surface area contributed by atoms with Crippen LogP contribution in [0.2, 0.25) is 0 Å². The molecule has 0 rings (SSSR count). The van der Waals surface area contributed by atoms with E-state index in [1.165, 1.54) is 0 Å². The van der Waals surface area contributed by atoms with Gasteiger partial charge in [-0.25, -0.2) is 0 Å². The fourth-order valence-corrected chi connectivity index (χ4v) is 7.44. The van der Waals surface area contributed by atoms with E-state index in [0.29, 0.717) is 19.8 Å². The lowest BCUT2D eigenvalue weighted by Crippen LogP contribution is -3.00. The minimum absolute atomic E-state index is 0. The van der Waals surface area contributed by atoms with Crippen LogP contribution in [0.15, 0.2) is 38.0 Å². The van der Waals surface area contributed by atoms with Crippen molar-refractivity contribution in [2.24, 2.45) is 0 Å². The molecule has 0 fully saturated rings. The standard InChI is InChI=1S/C24H48NO3Si.HI/c1-8-15-21-26-29(27-22-16-9-2,28-23-17-10-3)24(14-7)25(18-11-4,19-12-5)20-13-6;/h11-13,24H,4-6,8-10,14-23H2,1-3,7H3;1H/q+1;/p-1. The number of nitrogens with zero attached hydrogens (tertiary/aromatic N) is 1. The second-order valence-electron chi connectivity index (χ2n) is 7.77. The minimum atomic E-state index is -2.95. The van der Waals surface area contributed by atoms with Gasteiger partial charge in [-0.2, -0.15) is 0 Å². The Balaban J connectivity index is 0. The van der Waals surface area contributed by atoms with Crippen LogP contribution in [-0.2, 0) is 13.3 Å². The van der Waals surface area contributed by atoms with E-state index in [1.54, 1.807) is 0 Å². The summed E-state index contributed by atoms with van der Waals surface area (Å²) in [4.78, 5) is 0. The first-order chi connectivity index (χ1) is 14.1. The number of hydrogen-bond donors (Lipinski definition) is 0. The lowest BCUT2D eigenvalue weighted by molar-refractivity contribution is -0.927. The Hall–Kier alpha value is 0.00688. The van der Waals surface area contributed by atoms with Gasteiger partial charge in [0, 0.05) is 26.2 Å². The normalized spacial score (nSPS) is 12.8. The fraction of sp³-hybridized carbons (Fsp3) is 0.750. The summed E-state index contributed by atoms with van der Waals surface area (Å²) in [5, 5.41) is 0. The van der Waals surface area contributed by atoms with Gasteiger partial charge in [0.2, 0.25) is 0 Å². The first-order valence-corrected chi connectivity index (χ1v) is 13.5. The average Bonchev–Trinajstić information content (AvgIpc) is 2.69. The van der Waals surface area contributed by atoms with Crippen molar-refractivity contribution in [3.05, 3.63) is 38.0 Å². The van der Waals surface area contributed by atoms with E-state index in [2.05, 4.69) is 47.4 Å². The summed E-state index contributed by atoms with van der Waals surface area (Å²) in [7, 11) is -2.95. The maximum absolute atomic E-state index is 6.64. The first kappa shape index (κ1) is 32.2. The van der Waals surface area contributed by atoms with Crippen molar-refractivity contribution in [3.8, 4) is 0 Å². The second kappa shape index (κ2) is 19.7. The predicted molar refractivity (Wildman–Crippen MR) is 128 cm³/mol. The SMILES string of the molecule is C=CC[N+](CC=C)(CC=C)C(CC)[Si](OCCCC)(OCCCC)OCCCC.[I-]. The molecule has 178 valence electrons. The topological polar surface area (TPSA) is 27.7 Å². The highest BCUT2D eigenvalue weighted by Gasteiger charge is 2.58. The highest BCUT2D eigenvalue weighted by atomic mass is 127. The van der Waals surface area contributed by atoms with Gasteiger partial charge >= 0.3 is 8.80 Å². The summed E-state index contributed by atoms with van der Waals surface area (Å²) in [5.41, 5.74) is 0.127. The van der Waals surface area contributed by atoms with Crippen LogP contribution < -0.4 is 24.0 Å². The summed E-state index contributed by atoms with van der Waals surface area (Å²) in [6, 6.07) is 0. The summed E-state index contributed by atoms with van der Waals surface area (Å²) in [5.74, 6) is 0. The van der Waals surface area contributed by atoms with E-state index in [4.69, 9.17) is 13.3 Å². The highest BCUT2D eigenvalue weighted by molar-refractivity contribution is 6.62. The van der Waals surface area contributed by atoms with E-state index in [-0.39, 0.29) is 29.6 Å². The lowest BCUT2D eigenvalue weighted by Gasteiger charge is -2.48. The molecular formula is C24H48INO3Si. The smallest absolute Gasteiger partial charge is 0.562 e. The van der Waals surface area contributed by atoms with E-state index in [9.17, 15) is 0 Å². The molecule has 0 aromatic carbocycles. The molecule has 6 heteroatoms. The van der Waals surface area contributed by atoms with Crippen LogP contribution in [0.4, 0.5) is 0 Å². The van der Waals surface area contributed by atoms with E-state index >= 15 is 0 Å². The number of hydrogen-bond acceptors (Lipinski definition) is 3. The molecule has 4 nitrogen and oxygen atoms in total. The molecule has 0 aliphatic rings. The Kier molecular flexibility index (Phi) is 21.1. The molecule has 1 atom stereocenters. The number of quaternary nitrogens is 1. The Morgan fingerprint density at radius 3 is 1.27 bits per heavy atom. The first-order valence-electron chi connectivity index (χ1n) is 11.7. The van der Waals surface area contributed by atoms with Crippen molar-refractivity contribution < 1.29 is 41.7 Å². The number of halogens is 1. The van der Waals surface area contributed by atoms with Crippen molar-refractivity contribution in [2.75, 3.05) is 39.5 Å². The Morgan fingerprint density at radius 1 is 0.700 bits per heavy atom. The molecule has 0 aromatic heterocycles. The van der Waals surface area contributed by atoms with Gasteiger partial charge in [-0.15, -0.1) is 0 Å². The zero-order chi connectivity index (χ0) is 22.0. The highest BCUT2D eigenvalue weighted by Crippen LogP contribution is 2.30. The van der Waals surface area contributed by atoms with Crippen molar-refractivity contribution in [3.63, 3.8) is 0 Å². The number of unbranched alkanes of at least 4 members (excludes halogenated alkanes) is 3. The third-order valence-electron chi connectivity index (χ3n) is 5.34. The van der Waals surface area contributed by atoms with Gasteiger partial charge in [-0.1, -0.05) is 66.7 Å². The van der Waals surface area contributed by atoms with Gasteiger partial charge in [0.15, 0.2) is 5.67 Å². The summed E-state index contributed by atoms with van der Waals surface area (Å²) < 4.78 is 20.7. The minimum Gasteiger partial charge on any atom is -1.00 e. The zero-order valence-corrected chi connectivity index (χ0v) is 23.3. The molecule has 0 heterocycles. The molecule has 0 bridgehead atoms. The van der Waals surface area contributed by atoms with Gasteiger partial charge in [-0.05, 0) is 37.5 Å². The lowest BCUT2D eigenvalue weighted by atomic mass is 10.2. The third kappa shape index (κ3) is 10.5. The fourth-order valence-electron chi connectivity index (χ4n) is 3.84. The van der Waals surface area contributed by atoms with Crippen molar-refractivity contribution in [1.29, 1.82) is 0 Å². The van der Waals surface area contributed by atoms with Gasteiger partial charge in [0.05, 0.1) is 19.6 Å². The molecule has 30 heavy (non-hydrogen) atoms. The molecule has 0 aliphatic carbocycles. The summed E-state index contributed by atoms with van der Waals surface area (Å²) in [6.07, 6.45) is 13.3. The average molecular weight is 554 g/mol. The van der Waals surface area contributed by atoms with Crippen molar-refractivity contribution >= 4 is 8.80 Å². The van der Waals surface area contributed by atoms with Gasteiger partial charge < -0.3 is 41.7 Å². The molecular weight excluding hydrogens is 505 g/mol. The molecule has 0 saturated heterocycles. The molecule has 0 amide bonds. The van der Waals surface area contributed by atoms with Gasteiger partial charge in [-0.3, -0.25) is 0 Å². The molecule has 0 N–H and O–H groups in total. The Labute approximate surface area is 205 Å². The summed E-state index contributed by atoms with van der Waals surface area (Å²) >= 11 is 0. The molecule has 0 aromatic rings. The third-order valence-corrected chi connectivity index (χ3v) is 8.93.